The van der Waals surface area contributed by atoms with Gasteiger partial charge in [0, 0.05) is 37.5 Å². The number of carbonyl (C=O) groups is 2. The minimum absolute atomic E-state index is 0.0241. The highest BCUT2D eigenvalue weighted by molar-refractivity contribution is 7.07. The van der Waals surface area contributed by atoms with E-state index >= 15 is 0 Å². The van der Waals surface area contributed by atoms with Crippen molar-refractivity contribution >= 4 is 23.2 Å². The molecular formula is C25H24F2N4O5S. The summed E-state index contributed by atoms with van der Waals surface area (Å²) in [7, 11) is 0. The van der Waals surface area contributed by atoms with Crippen molar-refractivity contribution in [1.82, 2.24) is 14.9 Å². The maximum absolute atomic E-state index is 14.0. The van der Waals surface area contributed by atoms with Crippen molar-refractivity contribution < 1.29 is 28.2 Å². The summed E-state index contributed by atoms with van der Waals surface area (Å²) in [6.07, 6.45) is 2.78. The quantitative estimate of drug-likeness (QED) is 0.487. The maximum atomic E-state index is 14.0. The van der Waals surface area contributed by atoms with Crippen molar-refractivity contribution in [3.8, 4) is 5.75 Å². The number of aromatic nitrogens is 1. The van der Waals surface area contributed by atoms with Crippen LogP contribution in [0.15, 0.2) is 46.0 Å². The summed E-state index contributed by atoms with van der Waals surface area (Å²) in [5.74, 6) is -3.87. The molecule has 5 rings (SSSR count). The lowest BCUT2D eigenvalue weighted by Crippen LogP contribution is -2.55. The number of hydrogen-bond acceptors (Lipinski definition) is 7. The van der Waals surface area contributed by atoms with Crippen molar-refractivity contribution in [3.63, 3.8) is 0 Å². The number of hydrogen-bond donors (Lipinski definition) is 2. The Morgan fingerprint density at radius 2 is 2.08 bits per heavy atom. The summed E-state index contributed by atoms with van der Waals surface area (Å²) in [4.78, 5) is 40.7. The zero-order valence-electron chi connectivity index (χ0n) is 19.7. The first-order chi connectivity index (χ1) is 17.8. The first-order valence-corrected chi connectivity index (χ1v) is 12.6. The van der Waals surface area contributed by atoms with E-state index in [1.807, 2.05) is 16.8 Å². The lowest BCUT2D eigenvalue weighted by atomic mass is 10.1. The van der Waals surface area contributed by atoms with Crippen LogP contribution in [0.3, 0.4) is 0 Å². The predicted molar refractivity (Wildman–Crippen MR) is 131 cm³/mol. The molecule has 0 spiro atoms. The predicted octanol–water partition coefficient (Wildman–Crippen LogP) is 2.55. The number of fused-ring (bicyclic) bond motifs is 1. The maximum Gasteiger partial charge on any atom is 0.277 e. The SMILES string of the molecule is O=C(NCc1ccc(F)cc1F)c1cn2c(c(O)c1=O)C(=O)N(C[C@H]1CCCO1)CN2Cc1ccsc1. The molecule has 0 radical (unpaired) electrons. The summed E-state index contributed by atoms with van der Waals surface area (Å²) < 4.78 is 34.2. The smallest absolute Gasteiger partial charge is 0.277 e. The van der Waals surface area contributed by atoms with Gasteiger partial charge in [0.25, 0.3) is 11.8 Å². The van der Waals surface area contributed by atoms with Crippen LogP contribution < -0.4 is 15.8 Å². The molecule has 2 amide bonds. The van der Waals surface area contributed by atoms with Gasteiger partial charge >= 0.3 is 0 Å². The molecule has 2 N–H and O–H groups in total. The number of halogens is 2. The molecule has 3 aromatic rings. The second-order valence-corrected chi connectivity index (χ2v) is 9.71. The zero-order chi connectivity index (χ0) is 26.1. The van der Waals surface area contributed by atoms with Crippen molar-refractivity contribution in [1.29, 1.82) is 0 Å². The van der Waals surface area contributed by atoms with E-state index < -0.39 is 40.2 Å². The summed E-state index contributed by atoms with van der Waals surface area (Å²) in [5.41, 5.74) is -0.717. The average molecular weight is 531 g/mol. The van der Waals surface area contributed by atoms with E-state index in [0.717, 1.165) is 24.5 Å². The Kier molecular flexibility index (Phi) is 6.94. The van der Waals surface area contributed by atoms with Gasteiger partial charge in [-0.3, -0.25) is 24.1 Å². The number of nitrogens with zero attached hydrogens (tertiary/aromatic N) is 3. The third kappa shape index (κ3) is 5.07. The fourth-order valence-corrected chi connectivity index (χ4v) is 5.14. The van der Waals surface area contributed by atoms with Crippen LogP contribution in [0.5, 0.6) is 5.75 Å². The number of amides is 2. The number of thiophene rings is 1. The van der Waals surface area contributed by atoms with Crippen LogP contribution in [0.25, 0.3) is 0 Å². The minimum atomic E-state index is -1.02. The monoisotopic (exact) mass is 530 g/mol. The zero-order valence-corrected chi connectivity index (χ0v) is 20.5. The molecule has 37 heavy (non-hydrogen) atoms. The van der Waals surface area contributed by atoms with Gasteiger partial charge in [-0.1, -0.05) is 6.07 Å². The van der Waals surface area contributed by atoms with Gasteiger partial charge in [-0.15, -0.1) is 0 Å². The summed E-state index contributed by atoms with van der Waals surface area (Å²) >= 11 is 1.50. The van der Waals surface area contributed by atoms with Crippen LogP contribution in [0.2, 0.25) is 0 Å². The van der Waals surface area contributed by atoms with Gasteiger partial charge in [-0.2, -0.15) is 11.3 Å². The van der Waals surface area contributed by atoms with Gasteiger partial charge in [0.15, 0.2) is 11.4 Å². The molecule has 1 atom stereocenters. The lowest BCUT2D eigenvalue weighted by molar-refractivity contribution is 0.0455. The van der Waals surface area contributed by atoms with Crippen molar-refractivity contribution in [2.45, 2.75) is 32.0 Å². The third-order valence-electron chi connectivity index (χ3n) is 6.39. The number of rotatable bonds is 7. The molecule has 1 aromatic carbocycles. The minimum Gasteiger partial charge on any atom is -0.502 e. The van der Waals surface area contributed by atoms with E-state index in [2.05, 4.69) is 5.32 Å². The molecule has 194 valence electrons. The van der Waals surface area contributed by atoms with E-state index in [-0.39, 0.29) is 30.6 Å². The Balaban J connectivity index is 1.47. The molecular weight excluding hydrogens is 506 g/mol. The summed E-state index contributed by atoms with van der Waals surface area (Å²) in [6, 6.07) is 4.85. The molecule has 0 saturated carbocycles. The van der Waals surface area contributed by atoms with Crippen LogP contribution in [-0.4, -0.2) is 52.4 Å². The Morgan fingerprint density at radius 1 is 1.24 bits per heavy atom. The molecule has 2 aliphatic rings. The van der Waals surface area contributed by atoms with E-state index in [0.29, 0.717) is 25.8 Å². The second kappa shape index (κ2) is 10.3. The lowest BCUT2D eigenvalue weighted by Gasteiger charge is -2.40. The van der Waals surface area contributed by atoms with Crippen LogP contribution in [0, 0.1) is 11.6 Å². The molecule has 0 bridgehead atoms. The van der Waals surface area contributed by atoms with Crippen molar-refractivity contribution in [3.05, 3.63) is 85.5 Å². The summed E-state index contributed by atoms with van der Waals surface area (Å²) in [6.45, 7) is 1.10. The van der Waals surface area contributed by atoms with Crippen molar-refractivity contribution in [2.75, 3.05) is 24.8 Å². The highest BCUT2D eigenvalue weighted by atomic mass is 32.1. The Bertz CT molecular complexity index is 1390. The van der Waals surface area contributed by atoms with Crippen LogP contribution >= 0.6 is 11.3 Å². The molecule has 2 aliphatic heterocycles. The van der Waals surface area contributed by atoms with Crippen LogP contribution in [-0.2, 0) is 17.8 Å². The third-order valence-corrected chi connectivity index (χ3v) is 7.12. The molecule has 4 heterocycles. The first kappa shape index (κ1) is 24.9. The van der Waals surface area contributed by atoms with E-state index in [4.69, 9.17) is 4.74 Å². The highest BCUT2D eigenvalue weighted by Crippen LogP contribution is 2.25. The van der Waals surface area contributed by atoms with E-state index in [1.165, 1.54) is 33.2 Å². The molecule has 0 unspecified atom stereocenters. The van der Waals surface area contributed by atoms with E-state index in [1.54, 1.807) is 5.01 Å². The number of aromatic hydroxyl groups is 1. The molecule has 2 aromatic heterocycles. The summed E-state index contributed by atoms with van der Waals surface area (Å²) in [5, 5.41) is 18.8. The van der Waals surface area contributed by atoms with Gasteiger partial charge in [0.2, 0.25) is 5.43 Å². The molecule has 12 heteroatoms. The van der Waals surface area contributed by atoms with Crippen molar-refractivity contribution in [2.24, 2.45) is 0 Å². The van der Waals surface area contributed by atoms with Gasteiger partial charge in [-0.05, 0) is 41.3 Å². The van der Waals surface area contributed by atoms with E-state index in [9.17, 15) is 28.3 Å². The fraction of sp³-hybridized carbons (Fsp3) is 0.320. The highest BCUT2D eigenvalue weighted by Gasteiger charge is 2.36. The topological polar surface area (TPSA) is 104 Å². The number of nitrogens with one attached hydrogen (secondary N) is 1. The van der Waals surface area contributed by atoms with Crippen LogP contribution in [0.1, 0.15) is 44.8 Å². The Hall–Kier alpha value is -3.77. The largest absolute Gasteiger partial charge is 0.502 e. The Labute approximate surface area is 214 Å². The molecule has 1 fully saturated rings. The standard InChI is InChI=1S/C25H24F2N4O5S/c26-17-4-3-16(20(27)8-17)9-28-24(34)19-12-31-21(23(33)22(19)32)25(35)29(11-18-2-1-6-36-18)14-30(31)10-15-5-7-37-13-15/h3-5,7-8,12-13,18,33H,1-2,6,9-11,14H2,(H,28,34)/t18-/m1/s1. The average Bonchev–Trinajstić information content (AvgIpc) is 3.57. The van der Waals surface area contributed by atoms with Gasteiger partial charge in [0.05, 0.1) is 12.6 Å². The van der Waals surface area contributed by atoms with Gasteiger partial charge in [0.1, 0.15) is 23.9 Å². The number of ether oxygens (including phenoxy) is 1. The van der Waals surface area contributed by atoms with Gasteiger partial charge < -0.3 is 20.1 Å². The molecule has 1 saturated heterocycles. The Morgan fingerprint density at radius 3 is 2.78 bits per heavy atom. The number of pyridine rings is 1. The second-order valence-electron chi connectivity index (χ2n) is 8.93. The fourth-order valence-electron chi connectivity index (χ4n) is 4.48. The molecule has 0 aliphatic carbocycles. The number of carbonyl (C=O) groups excluding carboxylic acids is 2. The van der Waals surface area contributed by atoms with Crippen LogP contribution in [0.4, 0.5) is 8.78 Å². The number of benzene rings is 1. The normalized spacial score (nSPS) is 17.2. The molecule has 9 nitrogen and oxygen atoms in total. The first-order valence-electron chi connectivity index (χ1n) is 11.7. The van der Waals surface area contributed by atoms with Gasteiger partial charge in [-0.25, -0.2) is 8.78 Å².